The van der Waals surface area contributed by atoms with Crippen LogP contribution in [-0.2, 0) is 9.59 Å². The molecule has 0 aliphatic carbocycles. The number of hydrogen-bond acceptors (Lipinski definition) is 6. The topological polar surface area (TPSA) is 127 Å². The summed E-state index contributed by atoms with van der Waals surface area (Å²) in [4.78, 5) is 22.0. The van der Waals surface area contributed by atoms with Crippen LogP contribution in [-0.4, -0.2) is 68.7 Å². The zero-order chi connectivity index (χ0) is 17.0. The Hall–Kier alpha value is -0.830. The summed E-state index contributed by atoms with van der Waals surface area (Å²) in [6.45, 7) is 1.28. The number of carboxylic acids is 1. The van der Waals surface area contributed by atoms with Crippen LogP contribution in [0.1, 0.15) is 39.0 Å². The van der Waals surface area contributed by atoms with Gasteiger partial charge in [-0.1, -0.05) is 12.8 Å². The van der Waals surface area contributed by atoms with Gasteiger partial charge in [0.1, 0.15) is 6.04 Å². The van der Waals surface area contributed by atoms with Crippen molar-refractivity contribution in [2.75, 3.05) is 19.0 Å². The van der Waals surface area contributed by atoms with E-state index >= 15 is 0 Å². The Morgan fingerprint density at radius 1 is 1.09 bits per heavy atom. The van der Waals surface area contributed by atoms with Crippen LogP contribution in [0.4, 0.5) is 0 Å². The minimum atomic E-state index is -1.12. The third-order valence-electron chi connectivity index (χ3n) is 3.15. The Kier molecular flexibility index (Phi) is 12.2. The first-order valence-electron chi connectivity index (χ1n) is 7.43. The number of carboxylic acid groups (broad SMARTS) is 1. The van der Waals surface area contributed by atoms with Crippen molar-refractivity contribution >= 4 is 23.6 Å². The van der Waals surface area contributed by atoms with E-state index in [0.29, 0.717) is 19.3 Å². The molecule has 3 atom stereocenters. The zero-order valence-electron chi connectivity index (χ0n) is 12.9. The summed E-state index contributed by atoms with van der Waals surface area (Å²) in [7, 11) is 0. The van der Waals surface area contributed by atoms with E-state index in [1.54, 1.807) is 0 Å². The fourth-order valence-electron chi connectivity index (χ4n) is 1.98. The summed E-state index contributed by atoms with van der Waals surface area (Å²) in [5.41, 5.74) is 0. The second-order valence-corrected chi connectivity index (χ2v) is 6.39. The highest BCUT2D eigenvalue weighted by atomic mass is 32.2. The lowest BCUT2D eigenvalue weighted by Crippen LogP contribution is -2.42. The molecule has 0 fully saturated rings. The number of hydrogen-bond donors (Lipinski definition) is 5. The standard InChI is InChI=1S/C14H27NO6S/c1-10(18)15-11(14(20)21)9-22-13(6-8-17)12(19)5-3-2-4-7-16/h11-13,16-17,19H,2-9H2,1H3,(H,15,18)(H,20,21)/t11-,12+,13+/m0/s1. The van der Waals surface area contributed by atoms with Crippen molar-refractivity contribution in [3.05, 3.63) is 0 Å². The third-order valence-corrected chi connectivity index (χ3v) is 4.66. The number of carbonyl (C=O) groups excluding carboxylic acids is 1. The molecule has 1 amide bonds. The summed E-state index contributed by atoms with van der Waals surface area (Å²) in [5.74, 6) is -1.41. The molecule has 0 aliphatic rings. The smallest absolute Gasteiger partial charge is 0.327 e. The lowest BCUT2D eigenvalue weighted by molar-refractivity contribution is -0.140. The lowest BCUT2D eigenvalue weighted by atomic mass is 10.1. The van der Waals surface area contributed by atoms with Crippen molar-refractivity contribution in [1.29, 1.82) is 0 Å². The molecule has 0 unspecified atom stereocenters. The summed E-state index contributed by atoms with van der Waals surface area (Å²) >= 11 is 1.24. The molecule has 130 valence electrons. The van der Waals surface area contributed by atoms with E-state index in [9.17, 15) is 14.7 Å². The molecule has 0 rings (SSSR count). The van der Waals surface area contributed by atoms with Crippen LogP contribution in [0.25, 0.3) is 0 Å². The zero-order valence-corrected chi connectivity index (χ0v) is 13.7. The maximum absolute atomic E-state index is 11.1. The van der Waals surface area contributed by atoms with Gasteiger partial charge in [-0.05, 0) is 19.3 Å². The van der Waals surface area contributed by atoms with Gasteiger partial charge in [-0.2, -0.15) is 11.8 Å². The first-order valence-corrected chi connectivity index (χ1v) is 8.48. The Balaban J connectivity index is 4.35. The maximum atomic E-state index is 11.1. The van der Waals surface area contributed by atoms with Gasteiger partial charge in [-0.25, -0.2) is 4.79 Å². The molecule has 0 bridgehead atoms. The SMILES string of the molecule is CC(=O)N[C@@H](CS[C@H](CCO)[C@H](O)CCCCCO)C(=O)O. The predicted octanol–water partition coefficient (Wildman–Crippen LogP) is -0.0265. The monoisotopic (exact) mass is 337 g/mol. The number of nitrogens with one attached hydrogen (secondary N) is 1. The van der Waals surface area contributed by atoms with Crippen molar-refractivity contribution in [1.82, 2.24) is 5.32 Å². The number of unbranched alkanes of at least 4 members (excludes halogenated alkanes) is 2. The number of carbonyl (C=O) groups is 2. The van der Waals surface area contributed by atoms with Crippen LogP contribution >= 0.6 is 11.8 Å². The molecule has 0 saturated heterocycles. The number of thioether (sulfide) groups is 1. The fraction of sp³-hybridized carbons (Fsp3) is 0.857. The van der Waals surface area contributed by atoms with Crippen molar-refractivity contribution in [3.8, 4) is 0 Å². The first kappa shape index (κ1) is 21.2. The van der Waals surface area contributed by atoms with E-state index < -0.39 is 24.0 Å². The van der Waals surface area contributed by atoms with Gasteiger partial charge in [-0.3, -0.25) is 4.79 Å². The van der Waals surface area contributed by atoms with Gasteiger partial charge in [0.2, 0.25) is 5.91 Å². The molecule has 7 nitrogen and oxygen atoms in total. The van der Waals surface area contributed by atoms with Crippen LogP contribution in [0.3, 0.4) is 0 Å². The number of aliphatic hydroxyl groups is 3. The van der Waals surface area contributed by atoms with Gasteiger partial charge in [0.25, 0.3) is 0 Å². The molecule has 0 radical (unpaired) electrons. The minimum Gasteiger partial charge on any atom is -0.480 e. The highest BCUT2D eigenvalue weighted by molar-refractivity contribution is 8.00. The fourth-order valence-corrected chi connectivity index (χ4v) is 3.28. The molecule has 0 heterocycles. The van der Waals surface area contributed by atoms with E-state index in [-0.39, 0.29) is 24.2 Å². The second-order valence-electron chi connectivity index (χ2n) is 5.12. The number of rotatable bonds is 13. The largest absolute Gasteiger partial charge is 0.480 e. The van der Waals surface area contributed by atoms with Gasteiger partial charge >= 0.3 is 5.97 Å². The van der Waals surface area contributed by atoms with E-state index in [1.165, 1.54) is 18.7 Å². The van der Waals surface area contributed by atoms with E-state index in [1.807, 2.05) is 0 Å². The van der Waals surface area contributed by atoms with Gasteiger partial charge in [-0.15, -0.1) is 0 Å². The van der Waals surface area contributed by atoms with Crippen molar-refractivity contribution < 1.29 is 30.0 Å². The molecular formula is C14H27NO6S. The first-order chi connectivity index (χ1) is 10.4. The number of aliphatic carboxylic acids is 1. The normalized spacial score (nSPS) is 15.1. The number of amides is 1. The molecule has 0 saturated carbocycles. The average Bonchev–Trinajstić information content (AvgIpc) is 2.45. The van der Waals surface area contributed by atoms with Crippen LogP contribution in [0.2, 0.25) is 0 Å². The van der Waals surface area contributed by atoms with Gasteiger partial charge in [0, 0.05) is 31.1 Å². The Morgan fingerprint density at radius 2 is 1.77 bits per heavy atom. The van der Waals surface area contributed by atoms with Gasteiger partial charge in [0.15, 0.2) is 0 Å². The summed E-state index contributed by atoms with van der Waals surface area (Å²) in [6.07, 6.45) is 2.51. The molecule has 0 aromatic carbocycles. The maximum Gasteiger partial charge on any atom is 0.327 e. The van der Waals surface area contributed by atoms with Gasteiger partial charge in [0.05, 0.1) is 6.10 Å². The Labute approximate surface area is 135 Å². The van der Waals surface area contributed by atoms with E-state index in [4.69, 9.17) is 15.3 Å². The molecule has 5 N–H and O–H groups in total. The molecule has 0 aromatic rings. The summed E-state index contributed by atoms with van der Waals surface area (Å²) in [5, 5.41) is 39.0. The minimum absolute atomic E-state index is 0.0940. The second kappa shape index (κ2) is 12.7. The molecule has 0 aromatic heterocycles. The Bertz CT molecular complexity index is 328. The Morgan fingerprint density at radius 3 is 2.27 bits per heavy atom. The molecular weight excluding hydrogens is 310 g/mol. The summed E-state index contributed by atoms with van der Waals surface area (Å²) in [6, 6.07) is -1.01. The van der Waals surface area contributed by atoms with Crippen LogP contribution in [0, 0.1) is 0 Å². The van der Waals surface area contributed by atoms with E-state index in [2.05, 4.69) is 5.32 Å². The van der Waals surface area contributed by atoms with Gasteiger partial charge < -0.3 is 25.7 Å². The van der Waals surface area contributed by atoms with Crippen LogP contribution < -0.4 is 5.32 Å². The molecule has 0 aliphatic heterocycles. The highest BCUT2D eigenvalue weighted by Gasteiger charge is 2.24. The average molecular weight is 337 g/mol. The van der Waals surface area contributed by atoms with Crippen molar-refractivity contribution in [2.45, 2.75) is 56.4 Å². The van der Waals surface area contributed by atoms with E-state index in [0.717, 1.165) is 12.8 Å². The van der Waals surface area contributed by atoms with Crippen molar-refractivity contribution in [2.24, 2.45) is 0 Å². The molecule has 0 spiro atoms. The molecule has 8 heteroatoms. The lowest BCUT2D eigenvalue weighted by Gasteiger charge is -2.23. The summed E-state index contributed by atoms with van der Waals surface area (Å²) < 4.78 is 0. The van der Waals surface area contributed by atoms with Crippen LogP contribution in [0.15, 0.2) is 0 Å². The number of aliphatic hydroxyl groups excluding tert-OH is 3. The predicted molar refractivity (Wildman–Crippen MR) is 84.7 cm³/mol. The third kappa shape index (κ3) is 9.99. The highest BCUT2D eigenvalue weighted by Crippen LogP contribution is 2.23. The van der Waals surface area contributed by atoms with Crippen LogP contribution in [0.5, 0.6) is 0 Å². The quantitative estimate of drug-likeness (QED) is 0.299. The molecule has 22 heavy (non-hydrogen) atoms. The van der Waals surface area contributed by atoms with Crippen molar-refractivity contribution in [3.63, 3.8) is 0 Å².